The van der Waals surface area contributed by atoms with Gasteiger partial charge in [-0.2, -0.15) is 0 Å². The van der Waals surface area contributed by atoms with Crippen molar-refractivity contribution in [1.29, 1.82) is 0 Å². The van der Waals surface area contributed by atoms with E-state index in [1.54, 1.807) is 6.07 Å². The molecule has 5 nitrogen and oxygen atoms in total. The number of nitrogens with two attached hydrogens (primary N) is 1. The number of hydrogen-bond acceptors (Lipinski definition) is 5. The Morgan fingerprint density at radius 2 is 2.15 bits per heavy atom. The molecule has 1 fully saturated rings. The molecule has 1 saturated heterocycles. The summed E-state index contributed by atoms with van der Waals surface area (Å²) >= 11 is 0. The van der Waals surface area contributed by atoms with Crippen LogP contribution in [0.15, 0.2) is 12.3 Å². The summed E-state index contributed by atoms with van der Waals surface area (Å²) in [4.78, 5) is 18.2. The Bertz CT molecular complexity index is 494. The van der Waals surface area contributed by atoms with E-state index in [2.05, 4.69) is 23.7 Å². The number of esters is 1. The quantitative estimate of drug-likeness (QED) is 0.860. The van der Waals surface area contributed by atoms with Crippen molar-refractivity contribution in [3.63, 3.8) is 0 Å². The molecule has 2 N–H and O–H groups in total. The molecule has 0 atom stereocenters. The number of hydrogen-bond donors (Lipinski definition) is 1. The zero-order valence-corrected chi connectivity index (χ0v) is 12.5. The molecule has 0 saturated carbocycles. The van der Waals surface area contributed by atoms with Gasteiger partial charge in [0.25, 0.3) is 0 Å². The number of methoxy groups -OCH3 is 1. The van der Waals surface area contributed by atoms with Crippen molar-refractivity contribution in [3.05, 3.63) is 17.8 Å². The number of pyridine rings is 1. The summed E-state index contributed by atoms with van der Waals surface area (Å²) in [7, 11) is 1.36. The first kappa shape index (κ1) is 14.6. The molecule has 1 aliphatic heterocycles. The van der Waals surface area contributed by atoms with Crippen molar-refractivity contribution >= 4 is 17.5 Å². The van der Waals surface area contributed by atoms with E-state index >= 15 is 0 Å². The number of ether oxygens (including phenoxy) is 1. The summed E-state index contributed by atoms with van der Waals surface area (Å²) < 4.78 is 4.74. The summed E-state index contributed by atoms with van der Waals surface area (Å²) in [6.45, 7) is 6.50. The van der Waals surface area contributed by atoms with Gasteiger partial charge in [0, 0.05) is 13.1 Å². The van der Waals surface area contributed by atoms with Crippen LogP contribution < -0.4 is 10.6 Å². The van der Waals surface area contributed by atoms with Gasteiger partial charge in [0.15, 0.2) is 0 Å². The molecule has 0 spiro atoms. The van der Waals surface area contributed by atoms with Gasteiger partial charge in [0.2, 0.25) is 0 Å². The van der Waals surface area contributed by atoms with E-state index < -0.39 is 5.97 Å². The largest absolute Gasteiger partial charge is 0.465 e. The van der Waals surface area contributed by atoms with Crippen LogP contribution in [0.5, 0.6) is 0 Å². The number of nitrogen functional groups attached to an aromatic ring is 1. The highest BCUT2D eigenvalue weighted by Crippen LogP contribution is 2.35. The molecule has 5 heteroatoms. The van der Waals surface area contributed by atoms with Crippen LogP contribution in [0.25, 0.3) is 0 Å². The molecule has 2 rings (SSSR count). The van der Waals surface area contributed by atoms with Gasteiger partial charge in [0.1, 0.15) is 5.82 Å². The number of carbonyl (C=O) groups is 1. The van der Waals surface area contributed by atoms with E-state index in [1.807, 2.05) is 0 Å². The fourth-order valence-corrected chi connectivity index (χ4v) is 2.54. The highest BCUT2D eigenvalue weighted by Gasteiger charge is 2.29. The Morgan fingerprint density at radius 1 is 1.50 bits per heavy atom. The Labute approximate surface area is 120 Å². The lowest BCUT2D eigenvalue weighted by atomic mass is 9.78. The van der Waals surface area contributed by atoms with Gasteiger partial charge in [-0.05, 0) is 24.3 Å². The maximum Gasteiger partial charge on any atom is 0.340 e. The fraction of sp³-hybridized carbons (Fsp3) is 0.600. The maximum atomic E-state index is 11.7. The van der Waals surface area contributed by atoms with Gasteiger partial charge in [-0.15, -0.1) is 0 Å². The van der Waals surface area contributed by atoms with Crippen molar-refractivity contribution in [1.82, 2.24) is 4.98 Å². The van der Waals surface area contributed by atoms with Gasteiger partial charge in [-0.3, -0.25) is 0 Å². The molecule has 1 aliphatic rings. The summed E-state index contributed by atoms with van der Waals surface area (Å²) in [6, 6.07) is 1.73. The molecule has 0 unspecified atom stereocenters. The standard InChI is InChI=1S/C15H23N3O2/c1-4-15(2)5-7-18(8-6-15)13-9-11(14(19)20-3)12(16)10-17-13/h9-10H,4-8,16H2,1-3H3. The minimum absolute atomic E-state index is 0.357. The second-order valence-electron chi connectivity index (χ2n) is 5.77. The third-order valence-electron chi connectivity index (χ3n) is 4.47. The molecule has 0 bridgehead atoms. The van der Waals surface area contributed by atoms with Gasteiger partial charge in [0.05, 0.1) is 24.6 Å². The van der Waals surface area contributed by atoms with Crippen molar-refractivity contribution in [2.75, 3.05) is 30.8 Å². The molecule has 0 radical (unpaired) electrons. The Balaban J connectivity index is 2.17. The van der Waals surface area contributed by atoms with Crippen LogP contribution in [-0.2, 0) is 4.74 Å². The topological polar surface area (TPSA) is 68.5 Å². The van der Waals surface area contributed by atoms with Gasteiger partial charge in [-0.25, -0.2) is 9.78 Å². The lowest BCUT2D eigenvalue weighted by molar-refractivity contribution is 0.0602. The number of nitrogens with zero attached hydrogens (tertiary/aromatic N) is 2. The monoisotopic (exact) mass is 277 g/mol. The molecule has 1 aromatic heterocycles. The normalized spacial score (nSPS) is 17.9. The summed E-state index contributed by atoms with van der Waals surface area (Å²) in [6.07, 6.45) is 5.02. The van der Waals surface area contributed by atoms with Gasteiger partial charge in [-0.1, -0.05) is 20.3 Å². The van der Waals surface area contributed by atoms with Crippen LogP contribution in [0.2, 0.25) is 0 Å². The Hall–Kier alpha value is -1.78. The molecule has 0 amide bonds. The van der Waals surface area contributed by atoms with Crippen molar-refractivity contribution in [2.45, 2.75) is 33.1 Å². The molecule has 0 aromatic carbocycles. The van der Waals surface area contributed by atoms with Crippen LogP contribution in [0, 0.1) is 5.41 Å². The van der Waals surface area contributed by atoms with Crippen molar-refractivity contribution < 1.29 is 9.53 Å². The van der Waals surface area contributed by atoms with Crippen LogP contribution in [0.1, 0.15) is 43.5 Å². The predicted molar refractivity (Wildman–Crippen MR) is 79.8 cm³/mol. The molecule has 110 valence electrons. The fourth-order valence-electron chi connectivity index (χ4n) is 2.54. The van der Waals surface area contributed by atoms with Crippen LogP contribution in [-0.4, -0.2) is 31.2 Å². The van der Waals surface area contributed by atoms with Crippen molar-refractivity contribution in [3.8, 4) is 0 Å². The first-order valence-corrected chi connectivity index (χ1v) is 7.08. The highest BCUT2D eigenvalue weighted by molar-refractivity contribution is 5.95. The first-order valence-electron chi connectivity index (χ1n) is 7.08. The summed E-state index contributed by atoms with van der Waals surface area (Å²) in [5.74, 6) is 0.388. The van der Waals surface area contributed by atoms with Crippen molar-refractivity contribution in [2.24, 2.45) is 5.41 Å². The van der Waals surface area contributed by atoms with Gasteiger partial charge >= 0.3 is 5.97 Å². The van der Waals surface area contributed by atoms with E-state index in [-0.39, 0.29) is 0 Å². The summed E-state index contributed by atoms with van der Waals surface area (Å²) in [5.41, 5.74) is 6.95. The van der Waals surface area contributed by atoms with Crippen LogP contribution >= 0.6 is 0 Å². The average molecular weight is 277 g/mol. The third-order valence-corrected chi connectivity index (χ3v) is 4.47. The average Bonchev–Trinajstić information content (AvgIpc) is 2.48. The highest BCUT2D eigenvalue weighted by atomic mass is 16.5. The van der Waals surface area contributed by atoms with Crippen LogP contribution in [0.3, 0.4) is 0 Å². The van der Waals surface area contributed by atoms with Crippen LogP contribution in [0.4, 0.5) is 11.5 Å². The Morgan fingerprint density at radius 3 is 2.70 bits per heavy atom. The smallest absolute Gasteiger partial charge is 0.340 e. The van der Waals surface area contributed by atoms with E-state index in [1.165, 1.54) is 19.7 Å². The molecular weight excluding hydrogens is 254 g/mol. The number of rotatable bonds is 3. The minimum atomic E-state index is -0.415. The van der Waals surface area contributed by atoms with E-state index in [9.17, 15) is 4.79 Å². The number of carbonyl (C=O) groups excluding carboxylic acids is 1. The first-order chi connectivity index (χ1) is 9.49. The lowest BCUT2D eigenvalue weighted by Crippen LogP contribution is -2.38. The second kappa shape index (κ2) is 5.69. The zero-order chi connectivity index (χ0) is 14.8. The third kappa shape index (κ3) is 2.86. The molecule has 0 aliphatic carbocycles. The van der Waals surface area contributed by atoms with Gasteiger partial charge < -0.3 is 15.4 Å². The minimum Gasteiger partial charge on any atom is -0.465 e. The molecule has 2 heterocycles. The predicted octanol–water partition coefficient (Wildman–Crippen LogP) is 2.47. The zero-order valence-electron chi connectivity index (χ0n) is 12.5. The Kier molecular flexibility index (Phi) is 4.16. The van der Waals surface area contributed by atoms with E-state index in [0.717, 1.165) is 31.7 Å². The maximum absolute atomic E-state index is 11.7. The number of aromatic nitrogens is 1. The van der Waals surface area contributed by atoms with E-state index in [0.29, 0.717) is 16.7 Å². The summed E-state index contributed by atoms with van der Waals surface area (Å²) in [5, 5.41) is 0. The molecular formula is C15H23N3O2. The number of anilines is 2. The number of piperidine rings is 1. The molecule has 1 aromatic rings. The second-order valence-corrected chi connectivity index (χ2v) is 5.77. The molecule has 20 heavy (non-hydrogen) atoms. The van der Waals surface area contributed by atoms with E-state index in [4.69, 9.17) is 10.5 Å². The lowest BCUT2D eigenvalue weighted by Gasteiger charge is -2.39. The SMILES string of the molecule is CCC1(C)CCN(c2cc(C(=O)OC)c(N)cn2)CC1.